The van der Waals surface area contributed by atoms with Gasteiger partial charge in [0, 0.05) is 4.88 Å². The number of carbonyl (C=O) groups is 1. The van der Waals surface area contributed by atoms with Crippen molar-refractivity contribution in [2.24, 2.45) is 0 Å². The molecule has 0 spiro atoms. The van der Waals surface area contributed by atoms with Crippen LogP contribution in [0.1, 0.15) is 11.3 Å². The maximum atomic E-state index is 11.6. The molecule has 0 aliphatic carbocycles. The van der Waals surface area contributed by atoms with Gasteiger partial charge in [0.25, 0.3) is 0 Å². The summed E-state index contributed by atoms with van der Waals surface area (Å²) in [7, 11) is 1.62. The Morgan fingerprint density at radius 3 is 2.60 bits per heavy atom. The van der Waals surface area contributed by atoms with Gasteiger partial charge in [0.05, 0.1) is 26.7 Å². The van der Waals surface area contributed by atoms with Gasteiger partial charge < -0.3 is 14.8 Å². The summed E-state index contributed by atoms with van der Waals surface area (Å²) in [5.41, 5.74) is 0. The highest BCUT2D eigenvalue weighted by atomic mass is 32.1. The molecule has 2 aromatic rings. The zero-order valence-electron chi connectivity index (χ0n) is 11.3. The Balaban J connectivity index is 1.65. The van der Waals surface area contributed by atoms with Gasteiger partial charge in [0.15, 0.2) is 0 Å². The highest BCUT2D eigenvalue weighted by molar-refractivity contribution is 7.09. The number of nitrogens with one attached hydrogen (secondary N) is 1. The summed E-state index contributed by atoms with van der Waals surface area (Å²) in [6, 6.07) is 11.3. The molecule has 1 amide bonds. The van der Waals surface area contributed by atoms with Crippen LogP contribution in [-0.4, -0.2) is 19.6 Å². The maximum absolute atomic E-state index is 11.6. The van der Waals surface area contributed by atoms with Crippen molar-refractivity contribution in [2.75, 3.05) is 13.7 Å². The molecule has 4 nitrogen and oxygen atoms in total. The summed E-state index contributed by atoms with van der Waals surface area (Å²) in [6.07, 6.45) is 0.345. The predicted molar refractivity (Wildman–Crippen MR) is 79.3 cm³/mol. The van der Waals surface area contributed by atoms with Crippen molar-refractivity contribution in [1.29, 1.82) is 0 Å². The van der Waals surface area contributed by atoms with Crippen molar-refractivity contribution in [1.82, 2.24) is 5.32 Å². The van der Waals surface area contributed by atoms with Crippen LogP contribution in [0.25, 0.3) is 0 Å². The standard InChI is InChI=1S/C15H17NO3S/c1-18-12-4-6-13(7-5-12)19-9-8-15(17)16-11-14-3-2-10-20-14/h2-7,10H,8-9,11H2,1H3,(H,16,17). The molecule has 0 aliphatic rings. The van der Waals surface area contributed by atoms with Gasteiger partial charge in [-0.25, -0.2) is 0 Å². The Bertz CT molecular complexity index is 523. The third-order valence-electron chi connectivity index (χ3n) is 2.70. The molecule has 1 aromatic heterocycles. The zero-order valence-corrected chi connectivity index (χ0v) is 12.1. The first-order valence-electron chi connectivity index (χ1n) is 6.34. The van der Waals surface area contributed by atoms with Gasteiger partial charge in [0.2, 0.25) is 5.91 Å². The number of thiophene rings is 1. The molecular weight excluding hydrogens is 274 g/mol. The van der Waals surface area contributed by atoms with Crippen molar-refractivity contribution in [3.63, 3.8) is 0 Å². The van der Waals surface area contributed by atoms with Crippen LogP contribution in [0.5, 0.6) is 11.5 Å². The summed E-state index contributed by atoms with van der Waals surface area (Å²) < 4.78 is 10.6. The lowest BCUT2D eigenvalue weighted by Crippen LogP contribution is -2.23. The molecular formula is C15H17NO3S. The Hall–Kier alpha value is -2.01. The first-order chi connectivity index (χ1) is 9.78. The highest BCUT2D eigenvalue weighted by Gasteiger charge is 2.03. The lowest BCUT2D eigenvalue weighted by Gasteiger charge is -2.07. The number of benzene rings is 1. The van der Waals surface area contributed by atoms with Gasteiger partial charge in [-0.3, -0.25) is 4.79 Å². The van der Waals surface area contributed by atoms with E-state index in [0.717, 1.165) is 16.4 Å². The molecule has 0 aliphatic heterocycles. The molecule has 2 rings (SSSR count). The van der Waals surface area contributed by atoms with E-state index < -0.39 is 0 Å². The van der Waals surface area contributed by atoms with Crippen molar-refractivity contribution in [2.45, 2.75) is 13.0 Å². The number of amides is 1. The number of hydrogen-bond donors (Lipinski definition) is 1. The van der Waals surface area contributed by atoms with Gasteiger partial charge in [-0.2, -0.15) is 0 Å². The quantitative estimate of drug-likeness (QED) is 0.853. The number of carbonyl (C=O) groups excluding carboxylic acids is 1. The van der Waals surface area contributed by atoms with Gasteiger partial charge in [-0.1, -0.05) is 6.07 Å². The lowest BCUT2D eigenvalue weighted by atomic mass is 10.3. The van der Waals surface area contributed by atoms with E-state index in [2.05, 4.69) is 5.32 Å². The second-order valence-corrected chi connectivity index (χ2v) is 5.16. The molecule has 1 aromatic carbocycles. The second-order valence-electron chi connectivity index (χ2n) is 4.13. The molecule has 0 fully saturated rings. The van der Waals surface area contributed by atoms with Crippen molar-refractivity contribution in [3.8, 4) is 11.5 Å². The van der Waals surface area contributed by atoms with Gasteiger partial charge in [-0.05, 0) is 35.7 Å². The summed E-state index contributed by atoms with van der Waals surface area (Å²) >= 11 is 1.63. The summed E-state index contributed by atoms with van der Waals surface area (Å²) in [6.45, 7) is 0.946. The minimum absolute atomic E-state index is 0.00749. The third-order valence-corrected chi connectivity index (χ3v) is 3.57. The van der Waals surface area contributed by atoms with Crippen LogP contribution in [0.4, 0.5) is 0 Å². The van der Waals surface area contributed by atoms with Gasteiger partial charge in [0.1, 0.15) is 11.5 Å². The van der Waals surface area contributed by atoms with E-state index in [1.54, 1.807) is 18.4 Å². The first-order valence-corrected chi connectivity index (χ1v) is 7.22. The molecule has 106 valence electrons. The number of hydrogen-bond acceptors (Lipinski definition) is 4. The molecule has 0 atom stereocenters. The number of methoxy groups -OCH3 is 1. The molecule has 0 bridgehead atoms. The largest absolute Gasteiger partial charge is 0.497 e. The fraction of sp³-hybridized carbons (Fsp3) is 0.267. The number of ether oxygens (including phenoxy) is 2. The monoisotopic (exact) mass is 291 g/mol. The Morgan fingerprint density at radius 2 is 1.95 bits per heavy atom. The van der Waals surface area contributed by atoms with E-state index in [0.29, 0.717) is 19.6 Å². The molecule has 1 N–H and O–H groups in total. The van der Waals surface area contributed by atoms with Crippen LogP contribution in [0.15, 0.2) is 41.8 Å². The molecule has 1 heterocycles. The molecule has 5 heteroatoms. The number of rotatable bonds is 7. The predicted octanol–water partition coefficient (Wildman–Crippen LogP) is 2.84. The van der Waals surface area contributed by atoms with Crippen LogP contribution in [0, 0.1) is 0 Å². The Kier molecular flexibility index (Phi) is 5.43. The van der Waals surface area contributed by atoms with E-state index >= 15 is 0 Å². The van der Waals surface area contributed by atoms with E-state index in [1.165, 1.54) is 0 Å². The van der Waals surface area contributed by atoms with Crippen LogP contribution < -0.4 is 14.8 Å². The first kappa shape index (κ1) is 14.4. The van der Waals surface area contributed by atoms with Crippen LogP contribution >= 0.6 is 11.3 Å². The van der Waals surface area contributed by atoms with Gasteiger partial charge >= 0.3 is 0 Å². The minimum atomic E-state index is -0.00749. The highest BCUT2D eigenvalue weighted by Crippen LogP contribution is 2.17. The van der Waals surface area contributed by atoms with E-state index in [-0.39, 0.29) is 5.91 Å². The van der Waals surface area contributed by atoms with Crippen LogP contribution in [0.2, 0.25) is 0 Å². The molecule has 0 saturated carbocycles. The zero-order chi connectivity index (χ0) is 14.2. The average Bonchev–Trinajstić information content (AvgIpc) is 2.99. The molecule has 0 radical (unpaired) electrons. The van der Waals surface area contributed by atoms with E-state index in [1.807, 2.05) is 41.8 Å². The Morgan fingerprint density at radius 1 is 1.20 bits per heavy atom. The Labute approximate surface area is 122 Å². The normalized spacial score (nSPS) is 10.1. The second kappa shape index (κ2) is 7.55. The van der Waals surface area contributed by atoms with E-state index in [9.17, 15) is 4.79 Å². The molecule has 20 heavy (non-hydrogen) atoms. The van der Waals surface area contributed by atoms with Crippen LogP contribution in [0.3, 0.4) is 0 Å². The topological polar surface area (TPSA) is 47.6 Å². The lowest BCUT2D eigenvalue weighted by molar-refractivity contribution is -0.121. The van der Waals surface area contributed by atoms with Crippen molar-refractivity contribution < 1.29 is 14.3 Å². The van der Waals surface area contributed by atoms with Gasteiger partial charge in [-0.15, -0.1) is 11.3 Å². The van der Waals surface area contributed by atoms with E-state index in [4.69, 9.17) is 9.47 Å². The fourth-order valence-electron chi connectivity index (χ4n) is 1.62. The average molecular weight is 291 g/mol. The summed E-state index contributed by atoms with van der Waals surface area (Å²) in [5, 5.41) is 4.86. The summed E-state index contributed by atoms with van der Waals surface area (Å²) in [4.78, 5) is 12.8. The van der Waals surface area contributed by atoms with Crippen molar-refractivity contribution in [3.05, 3.63) is 46.7 Å². The summed E-state index contributed by atoms with van der Waals surface area (Å²) in [5.74, 6) is 1.51. The third kappa shape index (κ3) is 4.59. The maximum Gasteiger partial charge on any atom is 0.223 e. The SMILES string of the molecule is COc1ccc(OCCC(=O)NCc2cccs2)cc1. The molecule has 0 unspecified atom stereocenters. The minimum Gasteiger partial charge on any atom is -0.497 e. The fourth-order valence-corrected chi connectivity index (χ4v) is 2.27. The molecule has 0 saturated heterocycles. The van der Waals surface area contributed by atoms with Crippen molar-refractivity contribution >= 4 is 17.2 Å². The smallest absolute Gasteiger partial charge is 0.223 e. The van der Waals surface area contributed by atoms with Crippen LogP contribution in [-0.2, 0) is 11.3 Å².